The Morgan fingerprint density at radius 3 is 3.09 bits per heavy atom. The molecule has 62 valence electrons. The van der Waals surface area contributed by atoms with Crippen molar-refractivity contribution in [3.63, 3.8) is 0 Å². The summed E-state index contributed by atoms with van der Waals surface area (Å²) in [6.07, 6.45) is 1.56. The highest BCUT2D eigenvalue weighted by Crippen LogP contribution is 1.97. The van der Waals surface area contributed by atoms with Crippen LogP contribution < -0.4 is 5.32 Å². The third-order valence-corrected chi connectivity index (χ3v) is 1.78. The zero-order chi connectivity index (χ0) is 8.53. The van der Waals surface area contributed by atoms with Gasteiger partial charge in [0.25, 0.3) is 0 Å². The zero-order valence-corrected chi connectivity index (χ0v) is 7.11. The standard InChI is InChI=1S/C6H10N2O2S/c1-10-2-3-11-4-6(9)8-5-7/h2-4H2,1H3,(H,8,9). The van der Waals surface area contributed by atoms with Gasteiger partial charge >= 0.3 is 0 Å². The molecule has 1 amide bonds. The van der Waals surface area contributed by atoms with E-state index in [1.165, 1.54) is 11.8 Å². The van der Waals surface area contributed by atoms with Gasteiger partial charge in [0.15, 0.2) is 6.19 Å². The molecule has 1 N–H and O–H groups in total. The van der Waals surface area contributed by atoms with Crippen molar-refractivity contribution in [2.24, 2.45) is 0 Å². The first kappa shape index (κ1) is 10.3. The Morgan fingerprint density at radius 2 is 2.55 bits per heavy atom. The Kier molecular flexibility index (Phi) is 6.89. The topological polar surface area (TPSA) is 62.1 Å². The van der Waals surface area contributed by atoms with Crippen molar-refractivity contribution in [3.05, 3.63) is 0 Å². The molecule has 0 rings (SSSR count). The van der Waals surface area contributed by atoms with Crippen LogP contribution in [0.25, 0.3) is 0 Å². The lowest BCUT2D eigenvalue weighted by Crippen LogP contribution is -2.19. The normalized spacial score (nSPS) is 8.73. The van der Waals surface area contributed by atoms with E-state index < -0.39 is 0 Å². The molecule has 0 saturated heterocycles. The maximum atomic E-state index is 10.6. The molecule has 0 aliphatic heterocycles. The predicted octanol–water partition coefficient (Wildman–Crippen LogP) is -0.0367. The molecule has 0 aliphatic rings. The van der Waals surface area contributed by atoms with Crippen LogP contribution in [0.5, 0.6) is 0 Å². The highest BCUT2D eigenvalue weighted by molar-refractivity contribution is 7.99. The second-order valence-corrected chi connectivity index (χ2v) is 2.81. The number of hydrogen-bond acceptors (Lipinski definition) is 4. The van der Waals surface area contributed by atoms with Gasteiger partial charge in [0, 0.05) is 12.9 Å². The Morgan fingerprint density at radius 1 is 1.82 bits per heavy atom. The van der Waals surface area contributed by atoms with Gasteiger partial charge in [0.2, 0.25) is 5.91 Å². The molecule has 4 nitrogen and oxygen atoms in total. The highest BCUT2D eigenvalue weighted by atomic mass is 32.2. The molecule has 0 aromatic rings. The summed E-state index contributed by atoms with van der Waals surface area (Å²) >= 11 is 1.44. The van der Waals surface area contributed by atoms with Crippen LogP contribution in [-0.4, -0.2) is 31.1 Å². The van der Waals surface area contributed by atoms with Crippen molar-refractivity contribution in [1.29, 1.82) is 5.26 Å². The van der Waals surface area contributed by atoms with E-state index in [1.54, 1.807) is 13.3 Å². The number of carbonyl (C=O) groups excluding carboxylic acids is 1. The van der Waals surface area contributed by atoms with E-state index in [9.17, 15) is 4.79 Å². The predicted molar refractivity (Wildman–Crippen MR) is 43.0 cm³/mol. The Labute approximate surface area is 69.9 Å². The molecular weight excluding hydrogens is 164 g/mol. The Balaban J connectivity index is 3.12. The quantitative estimate of drug-likeness (QED) is 0.361. The van der Waals surface area contributed by atoms with E-state index in [1.807, 2.05) is 5.32 Å². The number of nitrogens with zero attached hydrogens (tertiary/aromatic N) is 1. The molecule has 0 saturated carbocycles. The average molecular weight is 174 g/mol. The summed E-state index contributed by atoms with van der Waals surface area (Å²) in [5.74, 6) is 0.834. The lowest BCUT2D eigenvalue weighted by Gasteiger charge is -1.97. The molecule has 0 radical (unpaired) electrons. The number of thioether (sulfide) groups is 1. The summed E-state index contributed by atoms with van der Waals surface area (Å²) in [7, 11) is 1.61. The number of methoxy groups -OCH3 is 1. The third-order valence-electron chi connectivity index (χ3n) is 0.860. The van der Waals surface area contributed by atoms with Gasteiger partial charge in [-0.25, -0.2) is 0 Å². The fourth-order valence-electron chi connectivity index (χ4n) is 0.406. The van der Waals surface area contributed by atoms with Gasteiger partial charge < -0.3 is 4.74 Å². The Bertz CT molecular complexity index is 155. The third kappa shape index (κ3) is 7.16. The monoisotopic (exact) mass is 174 g/mol. The minimum Gasteiger partial charge on any atom is -0.384 e. The molecule has 0 fully saturated rings. The van der Waals surface area contributed by atoms with Crippen LogP contribution in [0.15, 0.2) is 0 Å². The first-order chi connectivity index (χ1) is 5.31. The second-order valence-electron chi connectivity index (χ2n) is 1.71. The van der Waals surface area contributed by atoms with Crippen LogP contribution in [0.4, 0.5) is 0 Å². The van der Waals surface area contributed by atoms with E-state index in [-0.39, 0.29) is 5.91 Å². The second kappa shape index (κ2) is 7.38. The van der Waals surface area contributed by atoms with Crippen molar-refractivity contribution in [1.82, 2.24) is 5.32 Å². The molecule has 0 spiro atoms. The van der Waals surface area contributed by atoms with Crippen molar-refractivity contribution < 1.29 is 9.53 Å². The first-order valence-corrected chi connectivity index (χ1v) is 4.21. The largest absolute Gasteiger partial charge is 0.384 e. The van der Waals surface area contributed by atoms with E-state index in [2.05, 4.69) is 0 Å². The van der Waals surface area contributed by atoms with Crippen LogP contribution in [0.2, 0.25) is 0 Å². The van der Waals surface area contributed by atoms with Gasteiger partial charge in [0.05, 0.1) is 12.4 Å². The van der Waals surface area contributed by atoms with E-state index in [0.29, 0.717) is 12.4 Å². The van der Waals surface area contributed by atoms with E-state index in [4.69, 9.17) is 10.00 Å². The molecule has 0 unspecified atom stereocenters. The number of amides is 1. The average Bonchev–Trinajstić information content (AvgIpc) is 1.99. The van der Waals surface area contributed by atoms with Crippen LogP contribution in [0.3, 0.4) is 0 Å². The molecule has 0 bridgehead atoms. The SMILES string of the molecule is COCCSCC(=O)NC#N. The maximum Gasteiger partial charge on any atom is 0.242 e. The van der Waals surface area contributed by atoms with Gasteiger partial charge in [-0.3, -0.25) is 10.1 Å². The number of hydrogen-bond donors (Lipinski definition) is 1. The molecule has 0 heterocycles. The zero-order valence-electron chi connectivity index (χ0n) is 6.29. The summed E-state index contributed by atoms with van der Waals surface area (Å²) < 4.78 is 4.77. The number of carbonyl (C=O) groups is 1. The van der Waals surface area contributed by atoms with E-state index >= 15 is 0 Å². The van der Waals surface area contributed by atoms with Gasteiger partial charge in [-0.2, -0.15) is 5.26 Å². The van der Waals surface area contributed by atoms with Gasteiger partial charge in [-0.1, -0.05) is 0 Å². The summed E-state index contributed by atoms with van der Waals surface area (Å²) in [6.45, 7) is 0.629. The summed E-state index contributed by atoms with van der Waals surface area (Å²) in [5.41, 5.74) is 0. The summed E-state index contributed by atoms with van der Waals surface area (Å²) in [6, 6.07) is 0. The smallest absolute Gasteiger partial charge is 0.242 e. The van der Waals surface area contributed by atoms with Crippen molar-refractivity contribution in [2.45, 2.75) is 0 Å². The van der Waals surface area contributed by atoms with E-state index in [0.717, 1.165) is 5.75 Å². The fourth-order valence-corrected chi connectivity index (χ4v) is 1.09. The minimum atomic E-state index is -0.256. The molecule has 5 heteroatoms. The number of nitriles is 1. The van der Waals surface area contributed by atoms with Crippen LogP contribution in [0, 0.1) is 11.5 Å². The van der Waals surface area contributed by atoms with Crippen molar-refractivity contribution >= 4 is 17.7 Å². The molecule has 0 atom stereocenters. The molecule has 0 aliphatic carbocycles. The minimum absolute atomic E-state index is 0.256. The maximum absolute atomic E-state index is 10.6. The van der Waals surface area contributed by atoms with Crippen LogP contribution in [-0.2, 0) is 9.53 Å². The lowest BCUT2D eigenvalue weighted by molar-refractivity contribution is -0.117. The summed E-state index contributed by atoms with van der Waals surface area (Å²) in [5, 5.41) is 10.1. The van der Waals surface area contributed by atoms with Crippen molar-refractivity contribution in [2.75, 3.05) is 25.2 Å². The highest BCUT2D eigenvalue weighted by Gasteiger charge is 1.98. The van der Waals surface area contributed by atoms with Gasteiger partial charge in [0.1, 0.15) is 0 Å². The van der Waals surface area contributed by atoms with Crippen molar-refractivity contribution in [3.8, 4) is 6.19 Å². The van der Waals surface area contributed by atoms with Gasteiger partial charge in [-0.15, -0.1) is 11.8 Å². The molecule has 0 aromatic carbocycles. The van der Waals surface area contributed by atoms with Crippen LogP contribution in [0.1, 0.15) is 0 Å². The number of ether oxygens (including phenoxy) is 1. The number of nitrogens with one attached hydrogen (secondary N) is 1. The lowest BCUT2D eigenvalue weighted by atomic mass is 10.7. The van der Waals surface area contributed by atoms with Gasteiger partial charge in [-0.05, 0) is 0 Å². The fraction of sp³-hybridized carbons (Fsp3) is 0.667. The molecular formula is C6H10N2O2S. The Hall–Kier alpha value is -0.730. The molecule has 11 heavy (non-hydrogen) atoms. The molecule has 0 aromatic heterocycles. The first-order valence-electron chi connectivity index (χ1n) is 3.06. The van der Waals surface area contributed by atoms with Crippen LogP contribution >= 0.6 is 11.8 Å². The summed E-state index contributed by atoms with van der Waals surface area (Å²) in [4.78, 5) is 10.6. The number of rotatable bonds is 5.